The van der Waals surface area contributed by atoms with Gasteiger partial charge in [0.25, 0.3) is 0 Å². The number of primary amides is 1. The summed E-state index contributed by atoms with van der Waals surface area (Å²) in [6.07, 6.45) is 0.397. The Morgan fingerprint density at radius 1 is 1.09 bits per heavy atom. The van der Waals surface area contributed by atoms with E-state index in [1.165, 1.54) is 22.3 Å². The van der Waals surface area contributed by atoms with E-state index in [0.29, 0.717) is 6.42 Å². The standard InChI is InChI=1S/C20H25NO/c1-14-6-5-7-18(12-14)17-10-8-16(9-11-17)15(2)20(3,4)13-19(21)22/h5-12,15H,13H2,1-4H3,(H2,21,22). The molecule has 0 radical (unpaired) electrons. The van der Waals surface area contributed by atoms with Crippen LogP contribution in [0, 0.1) is 12.3 Å². The van der Waals surface area contributed by atoms with Crippen LogP contribution in [0.3, 0.4) is 0 Å². The number of carbonyl (C=O) groups is 1. The van der Waals surface area contributed by atoms with Gasteiger partial charge in [-0.3, -0.25) is 4.79 Å². The Labute approximate surface area is 133 Å². The summed E-state index contributed by atoms with van der Waals surface area (Å²) in [6, 6.07) is 17.1. The van der Waals surface area contributed by atoms with Crippen molar-refractivity contribution < 1.29 is 4.79 Å². The SMILES string of the molecule is Cc1cccc(-c2ccc(C(C)C(C)(C)CC(N)=O)cc2)c1. The highest BCUT2D eigenvalue weighted by Crippen LogP contribution is 2.38. The summed E-state index contributed by atoms with van der Waals surface area (Å²) >= 11 is 0. The Balaban J connectivity index is 2.23. The number of nitrogens with two attached hydrogens (primary N) is 1. The van der Waals surface area contributed by atoms with E-state index in [0.717, 1.165) is 0 Å². The number of hydrogen-bond acceptors (Lipinski definition) is 1. The number of aryl methyl sites for hydroxylation is 1. The van der Waals surface area contributed by atoms with E-state index < -0.39 is 0 Å². The minimum Gasteiger partial charge on any atom is -0.370 e. The molecule has 0 heterocycles. The molecular formula is C20H25NO. The number of carbonyl (C=O) groups excluding carboxylic acids is 1. The molecule has 2 N–H and O–H groups in total. The normalized spacial score (nSPS) is 12.9. The zero-order valence-electron chi connectivity index (χ0n) is 13.9. The average molecular weight is 295 g/mol. The molecular weight excluding hydrogens is 270 g/mol. The van der Waals surface area contributed by atoms with Crippen molar-refractivity contribution in [3.05, 3.63) is 59.7 Å². The average Bonchev–Trinajstić information content (AvgIpc) is 2.45. The van der Waals surface area contributed by atoms with Gasteiger partial charge in [-0.05, 0) is 34.9 Å². The molecule has 2 rings (SSSR count). The van der Waals surface area contributed by atoms with Gasteiger partial charge in [0.1, 0.15) is 0 Å². The third kappa shape index (κ3) is 3.76. The van der Waals surface area contributed by atoms with Crippen molar-refractivity contribution >= 4 is 5.91 Å². The molecule has 0 aliphatic rings. The zero-order valence-corrected chi connectivity index (χ0v) is 13.9. The third-order valence-corrected chi connectivity index (χ3v) is 4.56. The number of hydrogen-bond donors (Lipinski definition) is 1. The van der Waals surface area contributed by atoms with Crippen LogP contribution in [0.4, 0.5) is 0 Å². The van der Waals surface area contributed by atoms with Gasteiger partial charge in [0, 0.05) is 6.42 Å². The van der Waals surface area contributed by atoms with Crippen LogP contribution in [-0.2, 0) is 4.79 Å². The van der Waals surface area contributed by atoms with Gasteiger partial charge in [-0.1, -0.05) is 74.9 Å². The molecule has 116 valence electrons. The molecule has 0 aliphatic carbocycles. The summed E-state index contributed by atoms with van der Waals surface area (Å²) in [5.41, 5.74) is 10.2. The lowest BCUT2D eigenvalue weighted by Crippen LogP contribution is -2.27. The molecule has 0 fully saturated rings. The first-order chi connectivity index (χ1) is 10.3. The van der Waals surface area contributed by atoms with Crippen LogP contribution in [0.1, 0.15) is 44.2 Å². The Morgan fingerprint density at radius 3 is 2.27 bits per heavy atom. The van der Waals surface area contributed by atoms with E-state index in [9.17, 15) is 4.79 Å². The van der Waals surface area contributed by atoms with Crippen molar-refractivity contribution in [2.45, 2.75) is 40.0 Å². The fourth-order valence-corrected chi connectivity index (χ4v) is 2.84. The Kier molecular flexibility index (Phi) is 4.70. The highest BCUT2D eigenvalue weighted by Gasteiger charge is 2.28. The summed E-state index contributed by atoms with van der Waals surface area (Å²) in [6.45, 7) is 8.45. The van der Waals surface area contributed by atoms with Crippen LogP contribution in [0.25, 0.3) is 11.1 Å². The molecule has 2 aromatic carbocycles. The van der Waals surface area contributed by atoms with Crippen LogP contribution in [0.5, 0.6) is 0 Å². The predicted octanol–water partition coefficient (Wildman–Crippen LogP) is 4.67. The maximum Gasteiger partial charge on any atom is 0.217 e. The van der Waals surface area contributed by atoms with Crippen LogP contribution in [0.15, 0.2) is 48.5 Å². The smallest absolute Gasteiger partial charge is 0.217 e. The molecule has 2 aromatic rings. The van der Waals surface area contributed by atoms with E-state index in [4.69, 9.17) is 5.73 Å². The fraction of sp³-hybridized carbons (Fsp3) is 0.350. The quantitative estimate of drug-likeness (QED) is 0.856. The predicted molar refractivity (Wildman–Crippen MR) is 92.6 cm³/mol. The van der Waals surface area contributed by atoms with Gasteiger partial charge in [-0.2, -0.15) is 0 Å². The number of amides is 1. The maximum absolute atomic E-state index is 11.2. The molecule has 22 heavy (non-hydrogen) atoms. The minimum atomic E-state index is -0.242. The second kappa shape index (κ2) is 6.35. The second-order valence-electron chi connectivity index (χ2n) is 6.84. The summed E-state index contributed by atoms with van der Waals surface area (Å²) in [5.74, 6) is 0.0276. The summed E-state index contributed by atoms with van der Waals surface area (Å²) in [4.78, 5) is 11.2. The number of rotatable bonds is 5. The Bertz CT molecular complexity index is 656. The highest BCUT2D eigenvalue weighted by atomic mass is 16.1. The van der Waals surface area contributed by atoms with Crippen LogP contribution in [-0.4, -0.2) is 5.91 Å². The maximum atomic E-state index is 11.2. The molecule has 0 aliphatic heterocycles. The molecule has 0 spiro atoms. The van der Waals surface area contributed by atoms with Gasteiger partial charge in [-0.15, -0.1) is 0 Å². The molecule has 0 bridgehead atoms. The molecule has 0 aromatic heterocycles. The Hall–Kier alpha value is -2.09. The largest absolute Gasteiger partial charge is 0.370 e. The molecule has 1 atom stereocenters. The van der Waals surface area contributed by atoms with Crippen molar-refractivity contribution in [3.8, 4) is 11.1 Å². The Morgan fingerprint density at radius 2 is 1.73 bits per heavy atom. The monoisotopic (exact) mass is 295 g/mol. The minimum absolute atomic E-state index is 0.142. The topological polar surface area (TPSA) is 43.1 Å². The lowest BCUT2D eigenvalue weighted by Gasteiger charge is -2.31. The lowest BCUT2D eigenvalue weighted by molar-refractivity contribution is -0.120. The van der Waals surface area contributed by atoms with Gasteiger partial charge in [0.05, 0.1) is 0 Å². The van der Waals surface area contributed by atoms with Gasteiger partial charge in [0.2, 0.25) is 5.91 Å². The molecule has 1 unspecified atom stereocenters. The van der Waals surface area contributed by atoms with E-state index in [1.54, 1.807) is 0 Å². The first kappa shape index (κ1) is 16.3. The van der Waals surface area contributed by atoms with Crippen molar-refractivity contribution in [1.29, 1.82) is 0 Å². The first-order valence-electron chi connectivity index (χ1n) is 7.75. The second-order valence-corrected chi connectivity index (χ2v) is 6.84. The van der Waals surface area contributed by atoms with Gasteiger partial charge < -0.3 is 5.73 Å². The fourth-order valence-electron chi connectivity index (χ4n) is 2.84. The van der Waals surface area contributed by atoms with Crippen LogP contribution >= 0.6 is 0 Å². The molecule has 1 amide bonds. The van der Waals surface area contributed by atoms with Crippen LogP contribution < -0.4 is 5.73 Å². The van der Waals surface area contributed by atoms with Crippen molar-refractivity contribution in [3.63, 3.8) is 0 Å². The summed E-state index contributed by atoms with van der Waals surface area (Å²) in [5, 5.41) is 0. The molecule has 0 saturated carbocycles. The molecule has 2 heteroatoms. The van der Waals surface area contributed by atoms with Gasteiger partial charge in [0.15, 0.2) is 0 Å². The van der Waals surface area contributed by atoms with Crippen LogP contribution in [0.2, 0.25) is 0 Å². The van der Waals surface area contributed by atoms with Gasteiger partial charge in [-0.25, -0.2) is 0 Å². The number of benzene rings is 2. The summed E-state index contributed by atoms with van der Waals surface area (Å²) in [7, 11) is 0. The zero-order chi connectivity index (χ0) is 16.3. The van der Waals surface area contributed by atoms with Crippen molar-refractivity contribution in [2.24, 2.45) is 11.1 Å². The summed E-state index contributed by atoms with van der Waals surface area (Å²) < 4.78 is 0. The third-order valence-electron chi connectivity index (χ3n) is 4.56. The van der Waals surface area contributed by atoms with Crippen molar-refractivity contribution in [2.75, 3.05) is 0 Å². The lowest BCUT2D eigenvalue weighted by atomic mass is 9.73. The van der Waals surface area contributed by atoms with E-state index in [2.05, 4.69) is 76.2 Å². The van der Waals surface area contributed by atoms with E-state index >= 15 is 0 Å². The highest BCUT2D eigenvalue weighted by molar-refractivity contribution is 5.74. The molecule has 0 saturated heterocycles. The molecule has 2 nitrogen and oxygen atoms in total. The first-order valence-corrected chi connectivity index (χ1v) is 7.75. The van der Waals surface area contributed by atoms with Crippen molar-refractivity contribution in [1.82, 2.24) is 0 Å². The van der Waals surface area contributed by atoms with E-state index in [-0.39, 0.29) is 17.2 Å². The van der Waals surface area contributed by atoms with E-state index in [1.807, 2.05) is 0 Å². The van der Waals surface area contributed by atoms with Gasteiger partial charge >= 0.3 is 0 Å².